The van der Waals surface area contributed by atoms with Gasteiger partial charge in [-0.1, -0.05) is 41.0 Å². The van der Waals surface area contributed by atoms with Gasteiger partial charge in [0.25, 0.3) is 0 Å². The van der Waals surface area contributed by atoms with E-state index in [9.17, 15) is 0 Å². The number of hydrogen-bond donors (Lipinski definition) is 1. The van der Waals surface area contributed by atoms with Crippen molar-refractivity contribution < 1.29 is 0 Å². The van der Waals surface area contributed by atoms with Crippen LogP contribution in [0.4, 0.5) is 0 Å². The second-order valence-electron chi connectivity index (χ2n) is 5.81. The number of rotatable bonds is 5. The minimum absolute atomic E-state index is 0.707. The van der Waals surface area contributed by atoms with Crippen molar-refractivity contribution in [3.8, 4) is 0 Å². The summed E-state index contributed by atoms with van der Waals surface area (Å²) in [5, 5.41) is 3.70. The minimum Gasteiger partial charge on any atom is -0.311 e. The van der Waals surface area contributed by atoms with Crippen LogP contribution >= 0.6 is 0 Å². The van der Waals surface area contributed by atoms with Crippen molar-refractivity contribution >= 4 is 0 Å². The van der Waals surface area contributed by atoms with Gasteiger partial charge in [-0.3, -0.25) is 4.90 Å². The van der Waals surface area contributed by atoms with E-state index in [1.807, 2.05) is 0 Å². The predicted molar refractivity (Wildman–Crippen MR) is 71.7 cm³/mol. The summed E-state index contributed by atoms with van der Waals surface area (Å²) in [5.41, 5.74) is 0. The van der Waals surface area contributed by atoms with E-state index in [4.69, 9.17) is 0 Å². The average Bonchev–Trinajstić information content (AvgIpc) is 2.27. The van der Waals surface area contributed by atoms with Crippen molar-refractivity contribution in [1.29, 1.82) is 0 Å². The van der Waals surface area contributed by atoms with E-state index in [1.165, 1.54) is 32.5 Å². The molecule has 1 N–H and O–H groups in total. The summed E-state index contributed by atoms with van der Waals surface area (Å²) in [5.74, 6) is 1.59. The minimum atomic E-state index is 0.707. The van der Waals surface area contributed by atoms with Gasteiger partial charge in [-0.05, 0) is 18.3 Å². The quantitative estimate of drug-likeness (QED) is 0.775. The monoisotopic (exact) mass is 226 g/mol. The first-order chi connectivity index (χ1) is 7.58. The van der Waals surface area contributed by atoms with Gasteiger partial charge in [0.2, 0.25) is 0 Å². The van der Waals surface area contributed by atoms with Crippen LogP contribution in [0, 0.1) is 11.8 Å². The van der Waals surface area contributed by atoms with Gasteiger partial charge in [-0.25, -0.2) is 0 Å². The third kappa shape index (κ3) is 3.74. The first-order valence-electron chi connectivity index (χ1n) is 7.05. The lowest BCUT2D eigenvalue weighted by atomic mass is 9.93. The zero-order chi connectivity index (χ0) is 12.1. The Morgan fingerprint density at radius 2 is 1.94 bits per heavy atom. The van der Waals surface area contributed by atoms with Crippen LogP contribution in [0.1, 0.15) is 47.5 Å². The Morgan fingerprint density at radius 1 is 1.25 bits per heavy atom. The lowest BCUT2D eigenvalue weighted by Gasteiger charge is -2.43. The number of hydrogen-bond acceptors (Lipinski definition) is 2. The van der Waals surface area contributed by atoms with Crippen molar-refractivity contribution in [2.45, 2.75) is 59.5 Å². The van der Waals surface area contributed by atoms with Crippen molar-refractivity contribution in [1.82, 2.24) is 10.2 Å². The summed E-state index contributed by atoms with van der Waals surface area (Å²) in [6.45, 7) is 15.3. The molecule has 0 bridgehead atoms. The number of nitrogens with one attached hydrogen (secondary N) is 1. The average molecular weight is 226 g/mol. The molecular formula is C14H30N2. The summed E-state index contributed by atoms with van der Waals surface area (Å²) >= 11 is 0. The van der Waals surface area contributed by atoms with Crippen molar-refractivity contribution in [2.24, 2.45) is 11.8 Å². The Morgan fingerprint density at radius 3 is 2.44 bits per heavy atom. The molecule has 16 heavy (non-hydrogen) atoms. The Labute approximate surface area is 102 Å². The third-order valence-corrected chi connectivity index (χ3v) is 3.93. The van der Waals surface area contributed by atoms with E-state index in [0.29, 0.717) is 6.04 Å². The van der Waals surface area contributed by atoms with Gasteiger partial charge >= 0.3 is 0 Å². The van der Waals surface area contributed by atoms with E-state index >= 15 is 0 Å². The fraction of sp³-hybridized carbons (Fsp3) is 1.00. The maximum absolute atomic E-state index is 3.70. The Balaban J connectivity index is 2.59. The lowest BCUT2D eigenvalue weighted by Crippen LogP contribution is -2.58. The molecule has 0 aliphatic carbocycles. The molecule has 1 aliphatic heterocycles. The van der Waals surface area contributed by atoms with Gasteiger partial charge in [0, 0.05) is 31.7 Å². The first-order valence-corrected chi connectivity index (χ1v) is 7.05. The maximum atomic E-state index is 3.70. The van der Waals surface area contributed by atoms with Gasteiger partial charge in [0.15, 0.2) is 0 Å². The number of nitrogens with zero attached hydrogens (tertiary/aromatic N) is 1. The molecule has 1 fully saturated rings. The fourth-order valence-electron chi connectivity index (χ4n) is 2.69. The Bertz CT molecular complexity index is 191. The fourth-order valence-corrected chi connectivity index (χ4v) is 2.69. The smallest absolute Gasteiger partial charge is 0.0246 e. The second-order valence-corrected chi connectivity index (χ2v) is 5.81. The molecule has 3 unspecified atom stereocenters. The van der Waals surface area contributed by atoms with Gasteiger partial charge in [-0.2, -0.15) is 0 Å². The summed E-state index contributed by atoms with van der Waals surface area (Å²) in [7, 11) is 0. The highest BCUT2D eigenvalue weighted by molar-refractivity contribution is 4.88. The molecule has 0 spiro atoms. The highest BCUT2D eigenvalue weighted by Crippen LogP contribution is 2.20. The third-order valence-electron chi connectivity index (χ3n) is 3.93. The molecule has 1 heterocycles. The molecule has 1 aliphatic rings. The van der Waals surface area contributed by atoms with Crippen molar-refractivity contribution in [3.63, 3.8) is 0 Å². The molecular weight excluding hydrogens is 196 g/mol. The van der Waals surface area contributed by atoms with E-state index < -0.39 is 0 Å². The molecule has 0 radical (unpaired) electrons. The number of piperazine rings is 1. The summed E-state index contributed by atoms with van der Waals surface area (Å²) in [6, 6.07) is 1.45. The highest BCUT2D eigenvalue weighted by atomic mass is 15.2. The van der Waals surface area contributed by atoms with E-state index in [1.54, 1.807) is 0 Å². The van der Waals surface area contributed by atoms with Gasteiger partial charge < -0.3 is 5.32 Å². The molecule has 0 aromatic rings. The van der Waals surface area contributed by atoms with Gasteiger partial charge in [0.05, 0.1) is 0 Å². The summed E-state index contributed by atoms with van der Waals surface area (Å²) < 4.78 is 0. The molecule has 96 valence electrons. The molecule has 2 nitrogen and oxygen atoms in total. The molecule has 2 heteroatoms. The Hall–Kier alpha value is -0.0800. The standard InChI is InChI=1S/C14H30N2/c1-6-12(5)14-8-15-13(7-2)10-16(14)9-11(3)4/h11-15H,6-10H2,1-5H3. The van der Waals surface area contributed by atoms with E-state index in [2.05, 4.69) is 44.8 Å². The highest BCUT2D eigenvalue weighted by Gasteiger charge is 2.30. The molecule has 3 atom stereocenters. The van der Waals surface area contributed by atoms with Crippen LogP contribution in [-0.2, 0) is 0 Å². The largest absolute Gasteiger partial charge is 0.311 e. The summed E-state index contributed by atoms with van der Waals surface area (Å²) in [6.07, 6.45) is 2.54. The lowest BCUT2D eigenvalue weighted by molar-refractivity contribution is 0.0791. The van der Waals surface area contributed by atoms with Crippen LogP contribution in [0.2, 0.25) is 0 Å². The molecule has 0 amide bonds. The Kier molecular flexibility index (Phi) is 5.77. The van der Waals surface area contributed by atoms with Gasteiger partial charge in [-0.15, -0.1) is 0 Å². The maximum Gasteiger partial charge on any atom is 0.0246 e. The van der Waals surface area contributed by atoms with Crippen LogP contribution in [0.25, 0.3) is 0 Å². The van der Waals surface area contributed by atoms with Crippen molar-refractivity contribution in [3.05, 3.63) is 0 Å². The van der Waals surface area contributed by atoms with Crippen LogP contribution in [0.5, 0.6) is 0 Å². The van der Waals surface area contributed by atoms with Gasteiger partial charge in [0.1, 0.15) is 0 Å². The summed E-state index contributed by atoms with van der Waals surface area (Å²) in [4.78, 5) is 2.73. The van der Waals surface area contributed by atoms with E-state index in [-0.39, 0.29) is 0 Å². The second kappa shape index (κ2) is 6.61. The van der Waals surface area contributed by atoms with E-state index in [0.717, 1.165) is 17.9 Å². The molecule has 0 aromatic carbocycles. The zero-order valence-corrected chi connectivity index (χ0v) is 11.8. The van der Waals surface area contributed by atoms with Crippen LogP contribution in [0.3, 0.4) is 0 Å². The van der Waals surface area contributed by atoms with Crippen molar-refractivity contribution in [2.75, 3.05) is 19.6 Å². The molecule has 0 saturated carbocycles. The normalized spacial score (nSPS) is 29.6. The topological polar surface area (TPSA) is 15.3 Å². The van der Waals surface area contributed by atoms with Crippen LogP contribution in [0.15, 0.2) is 0 Å². The predicted octanol–water partition coefficient (Wildman–Crippen LogP) is 2.74. The molecule has 1 saturated heterocycles. The SMILES string of the molecule is CCC1CN(CC(C)C)C(C(C)CC)CN1. The zero-order valence-electron chi connectivity index (χ0n) is 11.8. The van der Waals surface area contributed by atoms with Crippen LogP contribution in [-0.4, -0.2) is 36.6 Å². The van der Waals surface area contributed by atoms with Crippen LogP contribution < -0.4 is 5.32 Å². The molecule has 1 rings (SSSR count). The first kappa shape index (κ1) is 14.0. The molecule has 0 aromatic heterocycles.